The van der Waals surface area contributed by atoms with E-state index in [1.807, 2.05) is 18.6 Å². The fourth-order valence-corrected chi connectivity index (χ4v) is 4.90. The third kappa shape index (κ3) is 6.41. The maximum Gasteiger partial charge on any atom is 0.321 e. The number of nitrogens with zero attached hydrogens (tertiary/aromatic N) is 2. The standard InChI is InChI=1S/C18H25N3O7S2/c1-12-6-13(2)10-20(9-12)17(22)11-28-18(23)8-19-30(26,27)14-4-5-16(29-3)15(7-14)21(24)25/h4-5,7,12-13,19H,6,8-11H2,1-3H3/t12-,13-/m0/s1. The van der Waals surface area contributed by atoms with Crippen molar-refractivity contribution < 1.29 is 27.7 Å². The quantitative estimate of drug-likeness (QED) is 0.268. The highest BCUT2D eigenvalue weighted by atomic mass is 32.2. The van der Waals surface area contributed by atoms with Crippen LogP contribution in [0.2, 0.25) is 0 Å². The predicted octanol–water partition coefficient (Wildman–Crippen LogP) is 1.64. The van der Waals surface area contributed by atoms with Gasteiger partial charge in [0, 0.05) is 19.2 Å². The van der Waals surface area contributed by atoms with Crippen molar-refractivity contribution >= 4 is 39.3 Å². The van der Waals surface area contributed by atoms with Crippen LogP contribution in [0.5, 0.6) is 0 Å². The van der Waals surface area contributed by atoms with Crippen LogP contribution in [0.4, 0.5) is 5.69 Å². The van der Waals surface area contributed by atoms with Crippen molar-refractivity contribution in [3.8, 4) is 0 Å². The molecule has 1 heterocycles. The molecule has 0 spiro atoms. The zero-order chi connectivity index (χ0) is 22.5. The van der Waals surface area contributed by atoms with Crippen LogP contribution in [0.1, 0.15) is 20.3 Å². The highest BCUT2D eigenvalue weighted by molar-refractivity contribution is 7.98. The van der Waals surface area contributed by atoms with Gasteiger partial charge in [-0.15, -0.1) is 11.8 Å². The minimum atomic E-state index is -4.17. The Labute approximate surface area is 179 Å². The third-order valence-electron chi connectivity index (χ3n) is 4.64. The molecule has 1 fully saturated rings. The van der Waals surface area contributed by atoms with Crippen LogP contribution in [0.15, 0.2) is 28.0 Å². The minimum absolute atomic E-state index is 0.318. The van der Waals surface area contributed by atoms with Crippen LogP contribution < -0.4 is 4.72 Å². The van der Waals surface area contributed by atoms with Gasteiger partial charge in [-0.3, -0.25) is 19.7 Å². The molecular weight excluding hydrogens is 434 g/mol. The lowest BCUT2D eigenvalue weighted by molar-refractivity contribution is -0.388. The molecule has 1 N–H and O–H groups in total. The first-order valence-electron chi connectivity index (χ1n) is 9.29. The fraction of sp³-hybridized carbons (Fsp3) is 0.556. The van der Waals surface area contributed by atoms with Gasteiger partial charge in [-0.25, -0.2) is 8.42 Å². The largest absolute Gasteiger partial charge is 0.455 e. The number of piperidine rings is 1. The van der Waals surface area contributed by atoms with Crippen molar-refractivity contribution in [1.82, 2.24) is 9.62 Å². The van der Waals surface area contributed by atoms with Crippen LogP contribution in [-0.2, 0) is 24.3 Å². The van der Waals surface area contributed by atoms with Crippen molar-refractivity contribution in [3.63, 3.8) is 0 Å². The lowest BCUT2D eigenvalue weighted by Crippen LogP contribution is -2.44. The number of hydrogen-bond donors (Lipinski definition) is 1. The van der Waals surface area contributed by atoms with Gasteiger partial charge in [0.1, 0.15) is 6.54 Å². The molecule has 0 aromatic heterocycles. The summed E-state index contributed by atoms with van der Waals surface area (Å²) < 4.78 is 31.6. The second-order valence-electron chi connectivity index (χ2n) is 7.32. The molecule has 1 amide bonds. The predicted molar refractivity (Wildman–Crippen MR) is 111 cm³/mol. The lowest BCUT2D eigenvalue weighted by Gasteiger charge is -2.34. The summed E-state index contributed by atoms with van der Waals surface area (Å²) in [5, 5.41) is 11.1. The normalized spacial score (nSPS) is 19.4. The molecule has 1 saturated heterocycles. The fourth-order valence-electron chi connectivity index (χ4n) is 3.37. The summed E-state index contributed by atoms with van der Waals surface area (Å²) in [5.74, 6) is -0.517. The highest BCUT2D eigenvalue weighted by Gasteiger charge is 2.26. The zero-order valence-corrected chi connectivity index (χ0v) is 18.6. The van der Waals surface area contributed by atoms with Crippen LogP contribution in [0.3, 0.4) is 0 Å². The maximum absolute atomic E-state index is 12.3. The van der Waals surface area contributed by atoms with Gasteiger partial charge in [0.2, 0.25) is 10.0 Å². The second-order valence-corrected chi connectivity index (χ2v) is 9.94. The van der Waals surface area contributed by atoms with Gasteiger partial charge in [0.15, 0.2) is 6.61 Å². The Balaban J connectivity index is 1.91. The Bertz CT molecular complexity index is 910. The van der Waals surface area contributed by atoms with Crippen LogP contribution >= 0.6 is 11.8 Å². The van der Waals surface area contributed by atoms with Gasteiger partial charge < -0.3 is 9.64 Å². The first-order valence-corrected chi connectivity index (χ1v) is 12.0. The van der Waals surface area contributed by atoms with E-state index in [1.165, 1.54) is 12.1 Å². The van der Waals surface area contributed by atoms with Gasteiger partial charge in [0.05, 0.1) is 14.7 Å². The molecule has 1 aliphatic rings. The molecule has 0 bridgehead atoms. The molecule has 0 radical (unpaired) electrons. The first-order chi connectivity index (χ1) is 14.0. The molecule has 0 unspecified atom stereocenters. The van der Waals surface area contributed by atoms with Gasteiger partial charge in [0.25, 0.3) is 11.6 Å². The Morgan fingerprint density at radius 1 is 1.30 bits per heavy atom. The van der Waals surface area contributed by atoms with Crippen molar-refractivity contribution in [2.75, 3.05) is 32.5 Å². The maximum atomic E-state index is 12.3. The third-order valence-corrected chi connectivity index (χ3v) is 6.83. The zero-order valence-electron chi connectivity index (χ0n) is 17.0. The van der Waals surface area contributed by atoms with Gasteiger partial charge in [-0.1, -0.05) is 13.8 Å². The number of likely N-dealkylation sites (tertiary alicyclic amines) is 1. The molecule has 0 saturated carbocycles. The van der Waals surface area contributed by atoms with Crippen LogP contribution in [0, 0.1) is 22.0 Å². The van der Waals surface area contributed by atoms with E-state index in [2.05, 4.69) is 0 Å². The summed E-state index contributed by atoms with van der Waals surface area (Å²) in [6, 6.07) is 3.48. The molecule has 1 aromatic rings. The number of ether oxygens (including phenoxy) is 1. The monoisotopic (exact) mass is 459 g/mol. The number of carbonyl (C=O) groups excluding carboxylic acids is 2. The van der Waals surface area contributed by atoms with E-state index < -0.39 is 34.1 Å². The number of carbonyl (C=O) groups is 2. The molecule has 2 atom stereocenters. The molecule has 10 nitrogen and oxygen atoms in total. The minimum Gasteiger partial charge on any atom is -0.455 e. The van der Waals surface area contributed by atoms with E-state index in [-0.39, 0.29) is 16.5 Å². The molecule has 0 aliphatic carbocycles. The number of hydrogen-bond acceptors (Lipinski definition) is 8. The highest BCUT2D eigenvalue weighted by Crippen LogP contribution is 2.29. The summed E-state index contributed by atoms with van der Waals surface area (Å²) in [5.41, 5.74) is -0.344. The van der Waals surface area contributed by atoms with E-state index in [1.54, 1.807) is 11.2 Å². The summed E-state index contributed by atoms with van der Waals surface area (Å²) >= 11 is 1.12. The Kier molecular flexibility index (Phi) is 8.21. The SMILES string of the molecule is CSc1ccc(S(=O)(=O)NCC(=O)OCC(=O)N2C[C@@H](C)C[C@H](C)C2)cc1[N+](=O)[O-]. The second kappa shape index (κ2) is 10.2. The molecule has 1 aliphatic heterocycles. The first kappa shape index (κ1) is 24.1. The Morgan fingerprint density at radius 2 is 1.93 bits per heavy atom. The summed E-state index contributed by atoms with van der Waals surface area (Å²) in [7, 11) is -4.17. The summed E-state index contributed by atoms with van der Waals surface area (Å²) in [6.07, 6.45) is 2.67. The van der Waals surface area contributed by atoms with E-state index in [9.17, 15) is 28.1 Å². The number of esters is 1. The topological polar surface area (TPSA) is 136 Å². The summed E-state index contributed by atoms with van der Waals surface area (Å²) in [4.78, 5) is 36.2. The number of sulfonamides is 1. The number of nitro groups is 1. The van der Waals surface area contributed by atoms with Crippen LogP contribution in [-0.4, -0.2) is 62.6 Å². The van der Waals surface area contributed by atoms with E-state index in [0.717, 1.165) is 24.2 Å². The number of nitrogens with one attached hydrogen (secondary N) is 1. The molecular formula is C18H25N3O7S2. The average Bonchev–Trinajstić information content (AvgIpc) is 2.69. The Morgan fingerprint density at radius 3 is 2.50 bits per heavy atom. The van der Waals surface area contributed by atoms with Crippen molar-refractivity contribution in [2.24, 2.45) is 11.8 Å². The molecule has 166 valence electrons. The molecule has 2 rings (SSSR count). The smallest absolute Gasteiger partial charge is 0.321 e. The molecule has 1 aromatic carbocycles. The van der Waals surface area contributed by atoms with Crippen molar-refractivity contribution in [2.45, 2.75) is 30.1 Å². The van der Waals surface area contributed by atoms with Gasteiger partial charge in [-0.2, -0.15) is 4.72 Å². The number of amides is 1. The van der Waals surface area contributed by atoms with E-state index in [4.69, 9.17) is 4.74 Å². The molecule has 12 heteroatoms. The van der Waals surface area contributed by atoms with Crippen molar-refractivity contribution in [1.29, 1.82) is 0 Å². The van der Waals surface area contributed by atoms with E-state index >= 15 is 0 Å². The number of nitro benzene ring substituents is 1. The number of thioether (sulfide) groups is 1. The van der Waals surface area contributed by atoms with Gasteiger partial charge in [-0.05, 0) is 36.6 Å². The lowest BCUT2D eigenvalue weighted by atomic mass is 9.92. The number of benzene rings is 1. The van der Waals surface area contributed by atoms with E-state index in [0.29, 0.717) is 29.8 Å². The summed E-state index contributed by atoms with van der Waals surface area (Å²) in [6.45, 7) is 4.13. The van der Waals surface area contributed by atoms with Crippen LogP contribution in [0.25, 0.3) is 0 Å². The van der Waals surface area contributed by atoms with Gasteiger partial charge >= 0.3 is 5.97 Å². The average molecular weight is 460 g/mol. The Hall–Kier alpha value is -2.18. The van der Waals surface area contributed by atoms with Crippen molar-refractivity contribution in [3.05, 3.63) is 28.3 Å². The number of rotatable bonds is 8. The molecule has 30 heavy (non-hydrogen) atoms.